The first-order valence-electron chi connectivity index (χ1n) is 7.13. The summed E-state index contributed by atoms with van der Waals surface area (Å²) in [4.78, 5) is 24.0. The molecule has 1 aromatic carbocycles. The third-order valence-electron chi connectivity index (χ3n) is 3.10. The summed E-state index contributed by atoms with van der Waals surface area (Å²) in [5.41, 5.74) is 3.50. The lowest BCUT2D eigenvalue weighted by atomic mass is 9.92. The molecule has 0 aliphatic carbocycles. The summed E-state index contributed by atoms with van der Waals surface area (Å²) in [6, 6.07) is 6.94. The van der Waals surface area contributed by atoms with Crippen molar-refractivity contribution in [3.63, 3.8) is 0 Å². The number of hydrogen-bond donors (Lipinski definition) is 1. The number of hydrogen-bond acceptors (Lipinski definition) is 4. The van der Waals surface area contributed by atoms with E-state index < -0.39 is 5.92 Å². The smallest absolute Gasteiger partial charge is 0.314 e. The summed E-state index contributed by atoms with van der Waals surface area (Å²) in [5, 5.41) is 4.05. The van der Waals surface area contributed by atoms with Crippen LogP contribution in [0.3, 0.4) is 0 Å². The molecule has 0 aliphatic heterocycles. The summed E-state index contributed by atoms with van der Waals surface area (Å²) in [6.45, 7) is 7.62. The summed E-state index contributed by atoms with van der Waals surface area (Å²) in [6.07, 6.45) is 0. The molecule has 0 fully saturated rings. The molecule has 0 aliphatic rings. The highest BCUT2D eigenvalue weighted by Gasteiger charge is 2.26. The Kier molecular flexibility index (Phi) is 7.24. The highest BCUT2D eigenvalue weighted by molar-refractivity contribution is 9.10. The third-order valence-corrected chi connectivity index (χ3v) is 3.63. The van der Waals surface area contributed by atoms with Gasteiger partial charge in [0.25, 0.3) is 5.91 Å². The number of nitrogens with one attached hydrogen (secondary N) is 1. The summed E-state index contributed by atoms with van der Waals surface area (Å²) >= 11 is 3.31. The Morgan fingerprint density at radius 3 is 2.36 bits per heavy atom. The van der Waals surface area contributed by atoms with E-state index in [1.54, 1.807) is 38.1 Å². The van der Waals surface area contributed by atoms with E-state index in [0.717, 1.165) is 4.47 Å². The van der Waals surface area contributed by atoms with Gasteiger partial charge < -0.3 is 4.74 Å². The molecule has 0 radical (unpaired) electrons. The van der Waals surface area contributed by atoms with Crippen LogP contribution in [-0.2, 0) is 9.53 Å². The molecule has 0 heterocycles. The standard InChI is InChI=1S/C16H21BrN2O3/c1-5-22-16(21)14(10(2)3)11(4)18-19-15(20)12-6-8-13(17)9-7-12/h6-10,14H,5H2,1-4H3,(H,19,20)/t14-/m1/s1. The quantitative estimate of drug-likeness (QED) is 0.475. The van der Waals surface area contributed by atoms with Gasteiger partial charge >= 0.3 is 5.97 Å². The molecule has 5 nitrogen and oxygen atoms in total. The molecule has 1 amide bonds. The molecular weight excluding hydrogens is 348 g/mol. The van der Waals surface area contributed by atoms with E-state index in [1.165, 1.54) is 0 Å². The normalized spacial score (nSPS) is 12.9. The predicted octanol–water partition coefficient (Wildman–Crippen LogP) is 3.39. The summed E-state index contributed by atoms with van der Waals surface area (Å²) in [5.74, 6) is -1.08. The fourth-order valence-corrected chi connectivity index (χ4v) is 2.30. The number of amides is 1. The van der Waals surface area contributed by atoms with Crippen LogP contribution in [0.4, 0.5) is 0 Å². The van der Waals surface area contributed by atoms with Crippen molar-refractivity contribution >= 4 is 33.5 Å². The molecule has 0 bridgehead atoms. The lowest BCUT2D eigenvalue weighted by Gasteiger charge is -2.18. The Hall–Kier alpha value is -1.69. The van der Waals surface area contributed by atoms with Crippen molar-refractivity contribution in [2.75, 3.05) is 6.61 Å². The van der Waals surface area contributed by atoms with Gasteiger partial charge in [-0.2, -0.15) is 5.10 Å². The number of nitrogens with zero attached hydrogens (tertiary/aromatic N) is 1. The van der Waals surface area contributed by atoms with Crippen molar-refractivity contribution in [2.45, 2.75) is 27.7 Å². The Morgan fingerprint density at radius 2 is 1.86 bits per heavy atom. The number of hydrazone groups is 1. The molecule has 0 saturated carbocycles. The lowest BCUT2D eigenvalue weighted by molar-refractivity contribution is -0.146. The molecule has 0 spiro atoms. The van der Waals surface area contributed by atoms with E-state index in [4.69, 9.17) is 4.74 Å². The second-order valence-electron chi connectivity index (χ2n) is 5.17. The maximum absolute atomic E-state index is 12.0. The van der Waals surface area contributed by atoms with Gasteiger partial charge in [0.1, 0.15) is 0 Å². The number of carbonyl (C=O) groups excluding carboxylic acids is 2. The molecule has 120 valence electrons. The molecule has 0 unspecified atom stereocenters. The molecule has 6 heteroatoms. The summed E-state index contributed by atoms with van der Waals surface area (Å²) < 4.78 is 5.95. The predicted molar refractivity (Wildman–Crippen MR) is 89.7 cm³/mol. The second kappa shape index (κ2) is 8.68. The van der Waals surface area contributed by atoms with Crippen molar-refractivity contribution in [3.8, 4) is 0 Å². The zero-order chi connectivity index (χ0) is 16.7. The Labute approximate surface area is 139 Å². The van der Waals surface area contributed by atoms with E-state index in [1.807, 2.05) is 13.8 Å². The minimum absolute atomic E-state index is 0.0346. The van der Waals surface area contributed by atoms with Crippen molar-refractivity contribution in [2.24, 2.45) is 16.9 Å². The van der Waals surface area contributed by atoms with Crippen LogP contribution in [0.15, 0.2) is 33.8 Å². The fourth-order valence-electron chi connectivity index (χ4n) is 2.03. The van der Waals surface area contributed by atoms with Crippen molar-refractivity contribution in [1.29, 1.82) is 0 Å². The number of esters is 1. The van der Waals surface area contributed by atoms with Crippen LogP contribution < -0.4 is 5.43 Å². The maximum atomic E-state index is 12.0. The molecular formula is C16H21BrN2O3. The van der Waals surface area contributed by atoms with Gasteiger partial charge in [-0.05, 0) is 44.0 Å². The van der Waals surface area contributed by atoms with E-state index in [0.29, 0.717) is 17.9 Å². The largest absolute Gasteiger partial charge is 0.465 e. The second-order valence-corrected chi connectivity index (χ2v) is 6.09. The fraction of sp³-hybridized carbons (Fsp3) is 0.438. The zero-order valence-electron chi connectivity index (χ0n) is 13.2. The maximum Gasteiger partial charge on any atom is 0.314 e. The SMILES string of the molecule is CCOC(=O)[C@@H](C(C)=NNC(=O)c1ccc(Br)cc1)C(C)C. The van der Waals surface area contributed by atoms with E-state index in [9.17, 15) is 9.59 Å². The van der Waals surface area contributed by atoms with Crippen LogP contribution in [0.5, 0.6) is 0 Å². The number of halogens is 1. The average Bonchev–Trinajstić information content (AvgIpc) is 2.45. The zero-order valence-corrected chi connectivity index (χ0v) is 14.8. The van der Waals surface area contributed by atoms with Crippen LogP contribution >= 0.6 is 15.9 Å². The lowest BCUT2D eigenvalue weighted by Crippen LogP contribution is -2.31. The topological polar surface area (TPSA) is 67.8 Å². The molecule has 1 rings (SSSR count). The average molecular weight is 369 g/mol. The number of benzene rings is 1. The van der Waals surface area contributed by atoms with Crippen LogP contribution in [0, 0.1) is 11.8 Å². The Morgan fingerprint density at radius 1 is 1.27 bits per heavy atom. The number of ether oxygens (including phenoxy) is 1. The van der Waals surface area contributed by atoms with Crippen molar-refractivity contribution in [1.82, 2.24) is 5.43 Å². The molecule has 22 heavy (non-hydrogen) atoms. The molecule has 0 aromatic heterocycles. The Bertz CT molecular complexity index is 553. The minimum atomic E-state index is -0.467. The Balaban J connectivity index is 2.79. The van der Waals surface area contributed by atoms with Gasteiger partial charge in [0.05, 0.1) is 12.5 Å². The van der Waals surface area contributed by atoms with Crippen LogP contribution in [0.2, 0.25) is 0 Å². The van der Waals surface area contributed by atoms with Gasteiger partial charge in [0.15, 0.2) is 0 Å². The third kappa shape index (κ3) is 5.26. The van der Waals surface area contributed by atoms with E-state index in [-0.39, 0.29) is 17.8 Å². The molecule has 1 atom stereocenters. The highest BCUT2D eigenvalue weighted by Crippen LogP contribution is 2.15. The van der Waals surface area contributed by atoms with Gasteiger partial charge in [-0.25, -0.2) is 5.43 Å². The number of rotatable bonds is 6. The number of carbonyl (C=O) groups is 2. The molecule has 0 saturated heterocycles. The minimum Gasteiger partial charge on any atom is -0.465 e. The molecule has 1 N–H and O–H groups in total. The van der Waals surface area contributed by atoms with Crippen molar-refractivity contribution < 1.29 is 14.3 Å². The van der Waals surface area contributed by atoms with Crippen LogP contribution in [-0.4, -0.2) is 24.2 Å². The van der Waals surface area contributed by atoms with E-state index in [2.05, 4.69) is 26.5 Å². The van der Waals surface area contributed by atoms with Crippen LogP contribution in [0.25, 0.3) is 0 Å². The highest BCUT2D eigenvalue weighted by atomic mass is 79.9. The molecule has 1 aromatic rings. The van der Waals surface area contributed by atoms with Gasteiger partial charge in [-0.3, -0.25) is 9.59 Å². The van der Waals surface area contributed by atoms with Gasteiger partial charge in [0.2, 0.25) is 0 Å². The monoisotopic (exact) mass is 368 g/mol. The van der Waals surface area contributed by atoms with E-state index >= 15 is 0 Å². The van der Waals surface area contributed by atoms with Crippen LogP contribution in [0.1, 0.15) is 38.1 Å². The first kappa shape index (κ1) is 18.4. The summed E-state index contributed by atoms with van der Waals surface area (Å²) in [7, 11) is 0. The first-order chi connectivity index (χ1) is 10.4. The first-order valence-corrected chi connectivity index (χ1v) is 7.92. The van der Waals surface area contributed by atoms with Gasteiger partial charge in [-0.1, -0.05) is 29.8 Å². The van der Waals surface area contributed by atoms with Gasteiger partial charge in [-0.15, -0.1) is 0 Å². The van der Waals surface area contributed by atoms with Gasteiger partial charge in [0, 0.05) is 15.7 Å². The van der Waals surface area contributed by atoms with Crippen molar-refractivity contribution in [3.05, 3.63) is 34.3 Å².